The topological polar surface area (TPSA) is 98.8 Å². The Hall–Kier alpha value is -2.76. The molecule has 0 aliphatic carbocycles. The van der Waals surface area contributed by atoms with Crippen molar-refractivity contribution in [2.75, 3.05) is 13.1 Å². The number of hydrogen-bond acceptors (Lipinski definition) is 7. The van der Waals surface area contributed by atoms with Crippen LogP contribution in [0, 0.1) is 0 Å². The summed E-state index contributed by atoms with van der Waals surface area (Å²) in [5.41, 5.74) is 2.50. The van der Waals surface area contributed by atoms with Gasteiger partial charge >= 0.3 is 0 Å². The highest BCUT2D eigenvalue weighted by Gasteiger charge is 2.23. The number of fused-ring (bicyclic) bond motifs is 1. The monoisotopic (exact) mass is 499 g/mol. The van der Waals surface area contributed by atoms with Crippen molar-refractivity contribution in [2.45, 2.75) is 56.0 Å². The van der Waals surface area contributed by atoms with Gasteiger partial charge in [0.2, 0.25) is 10.0 Å². The predicted molar refractivity (Wildman–Crippen MR) is 133 cm³/mol. The number of aromatic nitrogens is 6. The fourth-order valence-corrected chi connectivity index (χ4v) is 6.22. The number of sulfonamides is 1. The van der Waals surface area contributed by atoms with Crippen LogP contribution in [0.25, 0.3) is 16.7 Å². The fourth-order valence-electron chi connectivity index (χ4n) is 3.80. The standard InChI is InChI=1S/C23H29N7O2S2/c1-4-7-15-29-21-14-13-19(34(31,32)28(5-2)6-3)16-20(21)24-23(29)33-17-22-25-26-27-30(22)18-11-9-8-10-12-18/h8-14,16H,4-7,15,17H2,1-3H3. The van der Waals surface area contributed by atoms with Gasteiger partial charge in [0.05, 0.1) is 27.4 Å². The maximum Gasteiger partial charge on any atom is 0.243 e. The second-order valence-electron chi connectivity index (χ2n) is 7.77. The molecule has 2 aromatic heterocycles. The van der Waals surface area contributed by atoms with Gasteiger partial charge in [-0.05, 0) is 47.2 Å². The van der Waals surface area contributed by atoms with E-state index >= 15 is 0 Å². The van der Waals surface area contributed by atoms with Crippen LogP contribution in [-0.4, -0.2) is 55.6 Å². The molecule has 0 N–H and O–H groups in total. The third-order valence-corrected chi connectivity index (χ3v) is 8.65. The van der Waals surface area contributed by atoms with Crippen molar-refractivity contribution in [3.8, 4) is 5.69 Å². The van der Waals surface area contributed by atoms with Crippen molar-refractivity contribution < 1.29 is 8.42 Å². The van der Waals surface area contributed by atoms with Crippen LogP contribution >= 0.6 is 11.8 Å². The van der Waals surface area contributed by atoms with Crippen molar-refractivity contribution in [3.63, 3.8) is 0 Å². The van der Waals surface area contributed by atoms with Gasteiger partial charge in [-0.1, -0.05) is 57.2 Å². The number of benzene rings is 2. The molecule has 0 radical (unpaired) electrons. The summed E-state index contributed by atoms with van der Waals surface area (Å²) in [5, 5.41) is 13.0. The fraction of sp³-hybridized carbons (Fsp3) is 0.391. The molecule has 180 valence electrons. The normalized spacial score (nSPS) is 12.1. The summed E-state index contributed by atoms with van der Waals surface area (Å²) < 4.78 is 31.4. The Labute approximate surface area is 204 Å². The molecule has 0 spiro atoms. The highest BCUT2D eigenvalue weighted by Crippen LogP contribution is 2.29. The third kappa shape index (κ3) is 4.86. The van der Waals surface area contributed by atoms with E-state index in [4.69, 9.17) is 4.98 Å². The summed E-state index contributed by atoms with van der Waals surface area (Å²) in [6.45, 7) is 7.50. The van der Waals surface area contributed by atoms with E-state index in [-0.39, 0.29) is 4.90 Å². The Morgan fingerprint density at radius 2 is 1.79 bits per heavy atom. The van der Waals surface area contributed by atoms with Gasteiger partial charge in [0.25, 0.3) is 0 Å². The van der Waals surface area contributed by atoms with E-state index in [1.165, 1.54) is 4.31 Å². The second-order valence-corrected chi connectivity index (χ2v) is 10.7. The smallest absolute Gasteiger partial charge is 0.243 e. The lowest BCUT2D eigenvalue weighted by Gasteiger charge is -2.18. The van der Waals surface area contributed by atoms with Crippen LogP contribution in [0.5, 0.6) is 0 Å². The Morgan fingerprint density at radius 3 is 2.50 bits per heavy atom. The van der Waals surface area contributed by atoms with E-state index in [1.807, 2.05) is 50.2 Å². The van der Waals surface area contributed by atoms with Crippen LogP contribution < -0.4 is 0 Å². The summed E-state index contributed by atoms with van der Waals surface area (Å²) in [5.74, 6) is 1.25. The van der Waals surface area contributed by atoms with Crippen molar-refractivity contribution in [1.29, 1.82) is 0 Å². The lowest BCUT2D eigenvalue weighted by Crippen LogP contribution is -2.30. The van der Waals surface area contributed by atoms with Crippen LogP contribution in [0.1, 0.15) is 39.4 Å². The molecule has 0 saturated carbocycles. The molecule has 9 nitrogen and oxygen atoms in total. The molecule has 0 aliphatic heterocycles. The number of unbranched alkanes of at least 4 members (excludes halogenated alkanes) is 1. The molecular formula is C23H29N7O2S2. The van der Waals surface area contributed by atoms with Crippen molar-refractivity contribution in [3.05, 3.63) is 54.4 Å². The number of aryl methyl sites for hydroxylation is 1. The second kappa shape index (κ2) is 10.7. The van der Waals surface area contributed by atoms with Crippen LogP contribution in [0.2, 0.25) is 0 Å². The van der Waals surface area contributed by atoms with Gasteiger partial charge in [-0.3, -0.25) is 0 Å². The van der Waals surface area contributed by atoms with E-state index < -0.39 is 10.0 Å². The average molecular weight is 500 g/mol. The molecule has 2 heterocycles. The third-order valence-electron chi connectivity index (χ3n) is 5.63. The number of tetrazole rings is 1. The minimum Gasteiger partial charge on any atom is -0.319 e. The largest absolute Gasteiger partial charge is 0.319 e. The Kier molecular flexibility index (Phi) is 7.64. The first-order chi connectivity index (χ1) is 16.5. The van der Waals surface area contributed by atoms with E-state index in [9.17, 15) is 8.42 Å². The minimum absolute atomic E-state index is 0.272. The molecule has 11 heteroatoms. The molecule has 0 fully saturated rings. The highest BCUT2D eigenvalue weighted by atomic mass is 32.2. The number of rotatable bonds is 11. The molecule has 0 atom stereocenters. The maximum absolute atomic E-state index is 13.0. The van der Waals surface area contributed by atoms with E-state index in [1.54, 1.807) is 28.6 Å². The molecule has 4 rings (SSSR count). The van der Waals surface area contributed by atoms with Gasteiger partial charge < -0.3 is 4.57 Å². The molecular weight excluding hydrogens is 470 g/mol. The van der Waals surface area contributed by atoms with Crippen molar-refractivity contribution in [1.82, 2.24) is 34.1 Å². The molecule has 0 unspecified atom stereocenters. The molecule has 0 aliphatic rings. The van der Waals surface area contributed by atoms with Gasteiger partial charge in [-0.2, -0.15) is 8.99 Å². The van der Waals surface area contributed by atoms with Gasteiger partial charge in [-0.15, -0.1) is 5.10 Å². The number of imidazole rings is 1. The van der Waals surface area contributed by atoms with Crippen LogP contribution in [-0.2, 0) is 22.3 Å². The first-order valence-corrected chi connectivity index (χ1v) is 13.9. The highest BCUT2D eigenvalue weighted by molar-refractivity contribution is 7.98. The first-order valence-electron chi connectivity index (χ1n) is 11.5. The van der Waals surface area contributed by atoms with Gasteiger partial charge in [0.1, 0.15) is 0 Å². The summed E-state index contributed by atoms with van der Waals surface area (Å²) in [7, 11) is -3.55. The Balaban J connectivity index is 1.67. The number of hydrogen-bond donors (Lipinski definition) is 0. The zero-order chi connectivity index (χ0) is 24.1. The van der Waals surface area contributed by atoms with Crippen LogP contribution in [0.3, 0.4) is 0 Å². The Bertz CT molecular complexity index is 1350. The van der Waals surface area contributed by atoms with E-state index in [0.717, 1.165) is 41.6 Å². The molecule has 0 amide bonds. The lowest BCUT2D eigenvalue weighted by atomic mass is 10.3. The number of para-hydroxylation sites is 1. The lowest BCUT2D eigenvalue weighted by molar-refractivity contribution is 0.445. The Morgan fingerprint density at radius 1 is 1.03 bits per heavy atom. The molecule has 2 aromatic carbocycles. The molecule has 0 bridgehead atoms. The van der Waals surface area contributed by atoms with Crippen molar-refractivity contribution in [2.24, 2.45) is 0 Å². The molecule has 0 saturated heterocycles. The van der Waals surface area contributed by atoms with Gasteiger partial charge in [0.15, 0.2) is 11.0 Å². The minimum atomic E-state index is -3.55. The summed E-state index contributed by atoms with van der Waals surface area (Å²) >= 11 is 1.55. The zero-order valence-electron chi connectivity index (χ0n) is 19.6. The predicted octanol–water partition coefficient (Wildman–Crippen LogP) is 4.13. The van der Waals surface area contributed by atoms with Crippen molar-refractivity contribution >= 4 is 32.8 Å². The molecule has 4 aromatic rings. The number of thioether (sulfide) groups is 1. The molecule has 34 heavy (non-hydrogen) atoms. The van der Waals surface area contributed by atoms with E-state index in [0.29, 0.717) is 24.4 Å². The van der Waals surface area contributed by atoms with Gasteiger partial charge in [0, 0.05) is 19.6 Å². The summed E-state index contributed by atoms with van der Waals surface area (Å²) in [6.07, 6.45) is 2.05. The van der Waals surface area contributed by atoms with Crippen LogP contribution in [0.15, 0.2) is 58.6 Å². The quantitative estimate of drug-likeness (QED) is 0.286. The first kappa shape index (κ1) is 24.4. The van der Waals surface area contributed by atoms with Gasteiger partial charge in [-0.25, -0.2) is 13.4 Å². The maximum atomic E-state index is 13.0. The SMILES string of the molecule is CCCCn1c(SCc2nnnn2-c2ccccc2)nc2cc(S(=O)(=O)N(CC)CC)ccc21. The summed E-state index contributed by atoms with van der Waals surface area (Å²) in [4.78, 5) is 5.09. The zero-order valence-corrected chi connectivity index (χ0v) is 21.3. The summed E-state index contributed by atoms with van der Waals surface area (Å²) in [6, 6.07) is 15.0. The average Bonchev–Trinajstić information content (AvgIpc) is 3.46. The number of nitrogens with zero attached hydrogens (tertiary/aromatic N) is 7. The van der Waals surface area contributed by atoms with E-state index in [2.05, 4.69) is 27.0 Å². The van der Waals surface area contributed by atoms with Crippen LogP contribution in [0.4, 0.5) is 0 Å².